The SMILES string of the molecule is O=C(O)CCc1cc(Cl)nc(Cl)c1. The molecule has 0 spiro atoms. The van der Waals surface area contributed by atoms with E-state index in [0.717, 1.165) is 5.56 Å². The smallest absolute Gasteiger partial charge is 0.303 e. The minimum absolute atomic E-state index is 0.0661. The third-order valence-electron chi connectivity index (χ3n) is 1.45. The summed E-state index contributed by atoms with van der Waals surface area (Å²) >= 11 is 11.2. The van der Waals surface area contributed by atoms with Crippen molar-refractivity contribution in [1.82, 2.24) is 4.98 Å². The predicted molar refractivity (Wildman–Crippen MR) is 50.2 cm³/mol. The molecule has 0 radical (unpaired) electrons. The molecule has 0 bridgehead atoms. The predicted octanol–water partition coefficient (Wildman–Crippen LogP) is 2.41. The highest BCUT2D eigenvalue weighted by Gasteiger charge is 2.02. The molecule has 0 unspecified atom stereocenters. The molecule has 1 heterocycles. The monoisotopic (exact) mass is 219 g/mol. The number of carboxylic acid groups (broad SMARTS) is 1. The van der Waals surface area contributed by atoms with Crippen LogP contribution in [-0.2, 0) is 11.2 Å². The number of hydrogen-bond donors (Lipinski definition) is 1. The molecule has 1 N–H and O–H groups in total. The fourth-order valence-corrected chi connectivity index (χ4v) is 1.42. The number of aryl methyl sites for hydroxylation is 1. The molecule has 0 aliphatic heterocycles. The Labute approximate surface area is 85.3 Å². The normalized spacial score (nSPS) is 10.0. The maximum atomic E-state index is 10.3. The van der Waals surface area contributed by atoms with Gasteiger partial charge in [0.25, 0.3) is 0 Å². The van der Waals surface area contributed by atoms with Crippen LogP contribution in [0.15, 0.2) is 12.1 Å². The highest BCUT2D eigenvalue weighted by Crippen LogP contribution is 2.15. The molecule has 0 saturated carbocycles. The average Bonchev–Trinajstić information content (AvgIpc) is 1.99. The second-order valence-electron chi connectivity index (χ2n) is 2.51. The average molecular weight is 220 g/mol. The zero-order chi connectivity index (χ0) is 9.84. The van der Waals surface area contributed by atoms with Crippen LogP contribution in [0.3, 0.4) is 0 Å². The van der Waals surface area contributed by atoms with Crippen molar-refractivity contribution in [2.75, 3.05) is 0 Å². The highest BCUT2D eigenvalue weighted by molar-refractivity contribution is 6.32. The Morgan fingerprint density at radius 3 is 2.38 bits per heavy atom. The topological polar surface area (TPSA) is 50.2 Å². The molecular weight excluding hydrogens is 213 g/mol. The molecule has 0 aromatic carbocycles. The molecule has 0 fully saturated rings. The summed E-state index contributed by atoms with van der Waals surface area (Å²) in [5, 5.41) is 9.00. The van der Waals surface area contributed by atoms with Gasteiger partial charge in [-0.3, -0.25) is 4.79 Å². The Bertz CT molecular complexity index is 308. The van der Waals surface area contributed by atoms with Gasteiger partial charge in [0.05, 0.1) is 0 Å². The van der Waals surface area contributed by atoms with Gasteiger partial charge in [-0.05, 0) is 24.1 Å². The maximum absolute atomic E-state index is 10.3. The van der Waals surface area contributed by atoms with Gasteiger partial charge in [-0.2, -0.15) is 0 Å². The Hall–Kier alpha value is -0.800. The first-order valence-electron chi connectivity index (χ1n) is 3.61. The summed E-state index contributed by atoms with van der Waals surface area (Å²) in [7, 11) is 0. The Balaban J connectivity index is 2.71. The van der Waals surface area contributed by atoms with Crippen molar-refractivity contribution in [3.8, 4) is 0 Å². The van der Waals surface area contributed by atoms with Crippen molar-refractivity contribution in [2.24, 2.45) is 0 Å². The van der Waals surface area contributed by atoms with E-state index in [1.807, 2.05) is 0 Å². The van der Waals surface area contributed by atoms with Crippen LogP contribution in [0.2, 0.25) is 10.3 Å². The number of nitrogens with zero attached hydrogens (tertiary/aromatic N) is 1. The van der Waals surface area contributed by atoms with Crippen LogP contribution in [0.5, 0.6) is 0 Å². The van der Waals surface area contributed by atoms with Crippen molar-refractivity contribution < 1.29 is 9.90 Å². The Kier molecular flexibility index (Phi) is 3.51. The van der Waals surface area contributed by atoms with Crippen LogP contribution in [-0.4, -0.2) is 16.1 Å². The van der Waals surface area contributed by atoms with Gasteiger partial charge in [0, 0.05) is 6.42 Å². The second-order valence-corrected chi connectivity index (χ2v) is 3.29. The summed E-state index contributed by atoms with van der Waals surface area (Å²) in [6, 6.07) is 3.22. The van der Waals surface area contributed by atoms with E-state index in [1.165, 1.54) is 0 Å². The van der Waals surface area contributed by atoms with Gasteiger partial charge >= 0.3 is 5.97 Å². The van der Waals surface area contributed by atoms with E-state index in [4.69, 9.17) is 28.3 Å². The highest BCUT2D eigenvalue weighted by atomic mass is 35.5. The summed E-state index contributed by atoms with van der Waals surface area (Å²) in [5.41, 5.74) is 0.785. The number of aromatic nitrogens is 1. The summed E-state index contributed by atoms with van der Waals surface area (Å²) in [4.78, 5) is 14.0. The van der Waals surface area contributed by atoms with Gasteiger partial charge in [0.15, 0.2) is 0 Å². The number of hydrogen-bond acceptors (Lipinski definition) is 2. The van der Waals surface area contributed by atoms with Gasteiger partial charge in [0.2, 0.25) is 0 Å². The minimum atomic E-state index is -0.843. The fraction of sp³-hybridized carbons (Fsp3) is 0.250. The molecule has 0 saturated heterocycles. The first-order chi connectivity index (χ1) is 6.08. The van der Waals surface area contributed by atoms with E-state index in [1.54, 1.807) is 12.1 Å². The zero-order valence-corrected chi connectivity index (χ0v) is 8.14. The Morgan fingerprint density at radius 1 is 1.38 bits per heavy atom. The van der Waals surface area contributed by atoms with Crippen LogP contribution in [0.25, 0.3) is 0 Å². The number of aliphatic carboxylic acids is 1. The molecule has 0 aliphatic carbocycles. The molecule has 0 aliphatic rings. The summed E-state index contributed by atoms with van der Waals surface area (Å²) in [5.74, 6) is -0.843. The van der Waals surface area contributed by atoms with E-state index in [-0.39, 0.29) is 16.7 Å². The number of carboxylic acids is 1. The molecule has 5 heteroatoms. The molecule has 1 rings (SSSR count). The van der Waals surface area contributed by atoms with Crippen molar-refractivity contribution in [1.29, 1.82) is 0 Å². The lowest BCUT2D eigenvalue weighted by molar-refractivity contribution is -0.136. The largest absolute Gasteiger partial charge is 0.481 e. The molecule has 13 heavy (non-hydrogen) atoms. The number of carbonyl (C=O) groups is 1. The van der Waals surface area contributed by atoms with E-state index in [9.17, 15) is 4.79 Å². The maximum Gasteiger partial charge on any atom is 0.303 e. The quantitative estimate of drug-likeness (QED) is 0.795. The standard InChI is InChI=1S/C8H7Cl2NO2/c9-6-3-5(1-2-8(12)13)4-7(10)11-6/h3-4H,1-2H2,(H,12,13). The van der Waals surface area contributed by atoms with Gasteiger partial charge in [-0.25, -0.2) is 4.98 Å². The van der Waals surface area contributed by atoms with Crippen molar-refractivity contribution in [2.45, 2.75) is 12.8 Å². The molecule has 0 amide bonds. The molecule has 1 aromatic heterocycles. The first kappa shape index (κ1) is 10.3. The van der Waals surface area contributed by atoms with Gasteiger partial charge in [0.1, 0.15) is 10.3 Å². The lowest BCUT2D eigenvalue weighted by Gasteiger charge is -1.99. The van der Waals surface area contributed by atoms with Crippen molar-refractivity contribution in [3.05, 3.63) is 28.0 Å². The number of pyridine rings is 1. The summed E-state index contributed by atoms with van der Waals surface area (Å²) in [6.07, 6.45) is 0.480. The molecule has 1 aromatic rings. The van der Waals surface area contributed by atoms with Crippen molar-refractivity contribution >= 4 is 29.2 Å². The lowest BCUT2D eigenvalue weighted by Crippen LogP contribution is -1.97. The van der Waals surface area contributed by atoms with Gasteiger partial charge < -0.3 is 5.11 Å². The minimum Gasteiger partial charge on any atom is -0.481 e. The summed E-state index contributed by atoms with van der Waals surface area (Å²) < 4.78 is 0. The fourth-order valence-electron chi connectivity index (χ4n) is 0.910. The van der Waals surface area contributed by atoms with Crippen LogP contribution in [0.1, 0.15) is 12.0 Å². The van der Waals surface area contributed by atoms with Crippen LogP contribution in [0, 0.1) is 0 Å². The van der Waals surface area contributed by atoms with E-state index in [0.29, 0.717) is 6.42 Å². The second kappa shape index (κ2) is 4.44. The number of rotatable bonds is 3. The first-order valence-corrected chi connectivity index (χ1v) is 4.37. The van der Waals surface area contributed by atoms with Crippen LogP contribution in [0.4, 0.5) is 0 Å². The Morgan fingerprint density at radius 2 is 1.92 bits per heavy atom. The van der Waals surface area contributed by atoms with Crippen LogP contribution >= 0.6 is 23.2 Å². The molecule has 3 nitrogen and oxygen atoms in total. The number of halogens is 2. The third-order valence-corrected chi connectivity index (χ3v) is 1.84. The molecule has 70 valence electrons. The molecule has 0 atom stereocenters. The zero-order valence-electron chi connectivity index (χ0n) is 6.63. The third kappa shape index (κ3) is 3.61. The molecular formula is C8H7Cl2NO2. The van der Waals surface area contributed by atoms with E-state index in [2.05, 4.69) is 4.98 Å². The van der Waals surface area contributed by atoms with E-state index < -0.39 is 5.97 Å². The van der Waals surface area contributed by atoms with Crippen LogP contribution < -0.4 is 0 Å². The lowest BCUT2D eigenvalue weighted by atomic mass is 10.1. The van der Waals surface area contributed by atoms with E-state index >= 15 is 0 Å². The van der Waals surface area contributed by atoms with Gasteiger partial charge in [-0.1, -0.05) is 23.2 Å². The van der Waals surface area contributed by atoms with Gasteiger partial charge in [-0.15, -0.1) is 0 Å². The van der Waals surface area contributed by atoms with Crippen molar-refractivity contribution in [3.63, 3.8) is 0 Å². The summed E-state index contributed by atoms with van der Waals surface area (Å²) in [6.45, 7) is 0.